The topological polar surface area (TPSA) is 54.3 Å². The molecule has 0 amide bonds. The van der Waals surface area contributed by atoms with Crippen LogP contribution in [0.1, 0.15) is 18.5 Å². The second-order valence-corrected chi connectivity index (χ2v) is 9.78. The molecule has 1 N–H and O–H groups in total. The number of sulfonamides is 1. The zero-order valence-corrected chi connectivity index (χ0v) is 17.0. The Morgan fingerprint density at radius 3 is 2.55 bits per heavy atom. The number of hydrogen-bond donors (Lipinski definition) is 1. The first-order valence-corrected chi connectivity index (χ1v) is 11.2. The van der Waals surface area contributed by atoms with E-state index < -0.39 is 15.6 Å². The molecule has 1 spiro atoms. The van der Waals surface area contributed by atoms with Gasteiger partial charge in [-0.15, -0.1) is 0 Å². The highest BCUT2D eigenvalue weighted by Crippen LogP contribution is 2.44. The SMILES string of the molecule is O=S(=O)(c1ccccc1Cl)N1CCC2(CC1)Nc1cc(F)ccc1-n1cccc12. The van der Waals surface area contributed by atoms with Gasteiger partial charge in [0.25, 0.3) is 0 Å². The first-order chi connectivity index (χ1) is 13.9. The van der Waals surface area contributed by atoms with Crippen molar-refractivity contribution in [2.24, 2.45) is 0 Å². The summed E-state index contributed by atoms with van der Waals surface area (Å²) in [5, 5.41) is 3.73. The number of nitrogens with zero attached hydrogens (tertiary/aromatic N) is 2. The molecule has 2 aromatic carbocycles. The number of halogens is 2. The monoisotopic (exact) mass is 431 g/mol. The van der Waals surface area contributed by atoms with Crippen molar-refractivity contribution in [1.82, 2.24) is 8.87 Å². The Kier molecular flexibility index (Phi) is 4.24. The van der Waals surface area contributed by atoms with Gasteiger partial charge in [0.15, 0.2) is 0 Å². The van der Waals surface area contributed by atoms with E-state index in [0.717, 1.165) is 17.1 Å². The second-order valence-electron chi connectivity index (χ2n) is 7.47. The number of fused-ring (bicyclic) bond motifs is 4. The quantitative estimate of drug-likeness (QED) is 0.655. The van der Waals surface area contributed by atoms with Gasteiger partial charge in [-0.1, -0.05) is 23.7 Å². The fraction of sp³-hybridized carbons (Fsp3) is 0.238. The highest BCUT2D eigenvalue weighted by atomic mass is 35.5. The number of benzene rings is 2. The maximum atomic E-state index is 13.8. The molecule has 3 aromatic rings. The molecule has 2 aliphatic heterocycles. The lowest BCUT2D eigenvalue weighted by Gasteiger charge is -2.45. The average molecular weight is 432 g/mol. The van der Waals surface area contributed by atoms with E-state index in [1.54, 1.807) is 24.3 Å². The molecule has 0 radical (unpaired) electrons. The summed E-state index contributed by atoms with van der Waals surface area (Å²) in [6.07, 6.45) is 3.09. The van der Waals surface area contributed by atoms with Gasteiger partial charge in [-0.25, -0.2) is 12.8 Å². The molecule has 0 saturated carbocycles. The van der Waals surface area contributed by atoms with Crippen LogP contribution in [-0.4, -0.2) is 30.4 Å². The molecule has 0 bridgehead atoms. The molecule has 150 valence electrons. The molecule has 0 atom stereocenters. The Labute approximate surface area is 173 Å². The molecule has 0 unspecified atom stereocenters. The average Bonchev–Trinajstić information content (AvgIpc) is 3.19. The Bertz CT molecular complexity index is 1200. The van der Waals surface area contributed by atoms with Crippen molar-refractivity contribution in [2.75, 3.05) is 18.4 Å². The fourth-order valence-corrected chi connectivity index (χ4v) is 6.34. The van der Waals surface area contributed by atoms with Crippen LogP contribution in [0.3, 0.4) is 0 Å². The van der Waals surface area contributed by atoms with E-state index in [2.05, 4.69) is 9.88 Å². The Morgan fingerprint density at radius 2 is 1.79 bits per heavy atom. The summed E-state index contributed by atoms with van der Waals surface area (Å²) < 4.78 is 43.6. The predicted octanol–water partition coefficient (Wildman–Crippen LogP) is 4.38. The van der Waals surface area contributed by atoms with Gasteiger partial charge in [-0.3, -0.25) is 0 Å². The standard InChI is InChI=1S/C21H19ClFN3O2S/c22-16-4-1-2-5-19(16)29(27,28)25-12-9-21(10-13-25)20-6-3-11-26(20)18-8-7-15(23)14-17(18)24-21/h1-8,11,14,24H,9-10,12-13H2. The van der Waals surface area contributed by atoms with Gasteiger partial charge in [0.2, 0.25) is 10.0 Å². The van der Waals surface area contributed by atoms with E-state index in [1.165, 1.54) is 22.5 Å². The number of aromatic nitrogens is 1. The van der Waals surface area contributed by atoms with Crippen LogP contribution in [0, 0.1) is 5.82 Å². The molecule has 1 saturated heterocycles. The van der Waals surface area contributed by atoms with Gasteiger partial charge in [-0.2, -0.15) is 4.31 Å². The van der Waals surface area contributed by atoms with Crippen molar-refractivity contribution in [3.63, 3.8) is 0 Å². The first kappa shape index (κ1) is 18.7. The molecule has 1 fully saturated rings. The molecular formula is C21H19ClFN3O2S. The molecule has 8 heteroatoms. The van der Waals surface area contributed by atoms with Gasteiger partial charge >= 0.3 is 0 Å². The summed E-state index contributed by atoms with van der Waals surface area (Å²) in [4.78, 5) is 0.130. The van der Waals surface area contributed by atoms with Crippen molar-refractivity contribution in [3.05, 3.63) is 77.3 Å². The lowest BCUT2D eigenvalue weighted by atomic mass is 9.83. The van der Waals surface area contributed by atoms with E-state index >= 15 is 0 Å². The molecule has 29 heavy (non-hydrogen) atoms. The second kappa shape index (κ2) is 6.58. The van der Waals surface area contributed by atoms with E-state index in [4.69, 9.17) is 11.6 Å². The van der Waals surface area contributed by atoms with E-state index in [-0.39, 0.29) is 15.7 Å². The Balaban J connectivity index is 1.47. The number of nitrogens with one attached hydrogen (secondary N) is 1. The molecule has 5 nitrogen and oxygen atoms in total. The number of piperidine rings is 1. The summed E-state index contributed by atoms with van der Waals surface area (Å²) in [7, 11) is -3.67. The maximum absolute atomic E-state index is 13.8. The third kappa shape index (κ3) is 2.87. The maximum Gasteiger partial charge on any atom is 0.244 e. The van der Waals surface area contributed by atoms with Gasteiger partial charge in [0.05, 0.1) is 21.9 Å². The first-order valence-electron chi connectivity index (χ1n) is 9.41. The predicted molar refractivity (Wildman–Crippen MR) is 110 cm³/mol. The van der Waals surface area contributed by atoms with E-state index in [1.807, 2.05) is 18.3 Å². The minimum Gasteiger partial charge on any atom is -0.372 e. The fourth-order valence-electron chi connectivity index (χ4n) is 4.40. The van der Waals surface area contributed by atoms with Crippen molar-refractivity contribution in [2.45, 2.75) is 23.3 Å². The van der Waals surface area contributed by atoms with Gasteiger partial charge < -0.3 is 9.88 Å². The van der Waals surface area contributed by atoms with Gasteiger partial charge in [-0.05, 0) is 55.3 Å². The molecule has 5 rings (SSSR count). The normalized spacial score (nSPS) is 18.1. The summed E-state index contributed by atoms with van der Waals surface area (Å²) in [6.45, 7) is 0.687. The third-order valence-electron chi connectivity index (χ3n) is 5.86. The summed E-state index contributed by atoms with van der Waals surface area (Å²) in [5.74, 6) is -0.305. The smallest absolute Gasteiger partial charge is 0.244 e. The Morgan fingerprint density at radius 1 is 1.03 bits per heavy atom. The van der Waals surface area contributed by atoms with Crippen LogP contribution in [0.4, 0.5) is 10.1 Å². The van der Waals surface area contributed by atoms with Crippen molar-refractivity contribution < 1.29 is 12.8 Å². The van der Waals surface area contributed by atoms with Crippen LogP contribution >= 0.6 is 11.6 Å². The molecule has 3 heterocycles. The van der Waals surface area contributed by atoms with Crippen LogP contribution in [0.2, 0.25) is 5.02 Å². The number of hydrogen-bond acceptors (Lipinski definition) is 3. The molecule has 1 aromatic heterocycles. The van der Waals surface area contributed by atoms with Crippen LogP contribution < -0.4 is 5.32 Å². The zero-order chi connectivity index (χ0) is 20.2. The van der Waals surface area contributed by atoms with Crippen molar-refractivity contribution in [3.8, 4) is 5.69 Å². The summed E-state index contributed by atoms with van der Waals surface area (Å²) in [6, 6.07) is 15.2. The van der Waals surface area contributed by atoms with Crippen molar-refractivity contribution in [1.29, 1.82) is 0 Å². The summed E-state index contributed by atoms with van der Waals surface area (Å²) in [5.41, 5.74) is 2.22. The molecular weight excluding hydrogens is 413 g/mol. The van der Waals surface area contributed by atoms with Crippen LogP contribution in [0.5, 0.6) is 0 Å². The molecule has 0 aliphatic carbocycles. The zero-order valence-electron chi connectivity index (χ0n) is 15.5. The highest BCUT2D eigenvalue weighted by Gasteiger charge is 2.44. The number of rotatable bonds is 2. The minimum atomic E-state index is -3.67. The molecule has 2 aliphatic rings. The largest absolute Gasteiger partial charge is 0.372 e. The number of anilines is 1. The summed E-state index contributed by atoms with van der Waals surface area (Å²) >= 11 is 6.14. The van der Waals surface area contributed by atoms with E-state index in [9.17, 15) is 12.8 Å². The van der Waals surface area contributed by atoms with E-state index in [0.29, 0.717) is 25.9 Å². The Hall–Kier alpha value is -2.35. The van der Waals surface area contributed by atoms with Gasteiger partial charge in [0.1, 0.15) is 10.7 Å². The minimum absolute atomic E-state index is 0.130. The van der Waals surface area contributed by atoms with Crippen LogP contribution in [-0.2, 0) is 15.6 Å². The highest BCUT2D eigenvalue weighted by molar-refractivity contribution is 7.89. The lowest BCUT2D eigenvalue weighted by Crippen LogP contribution is -2.51. The lowest BCUT2D eigenvalue weighted by molar-refractivity contribution is 0.247. The third-order valence-corrected chi connectivity index (χ3v) is 8.26. The van der Waals surface area contributed by atoms with Gasteiger partial charge in [0, 0.05) is 25.0 Å². The van der Waals surface area contributed by atoms with Crippen LogP contribution in [0.15, 0.2) is 65.7 Å². The van der Waals surface area contributed by atoms with Crippen molar-refractivity contribution >= 4 is 27.3 Å². The van der Waals surface area contributed by atoms with Crippen LogP contribution in [0.25, 0.3) is 5.69 Å².